The normalized spacial score (nSPS) is 15.0. The van der Waals surface area contributed by atoms with Gasteiger partial charge in [0.15, 0.2) is 0 Å². The van der Waals surface area contributed by atoms with E-state index in [4.69, 9.17) is 0 Å². The minimum atomic E-state index is -0.713. The van der Waals surface area contributed by atoms with Gasteiger partial charge in [0.2, 0.25) is 0 Å². The summed E-state index contributed by atoms with van der Waals surface area (Å²) >= 11 is 0. The number of unbranched alkanes of at least 4 members (excludes halogenated alkanes) is 2. The highest BCUT2D eigenvalue weighted by Crippen LogP contribution is 2.24. The number of carboxylic acid groups (broad SMARTS) is 1. The third-order valence-corrected chi connectivity index (χ3v) is 4.57. The van der Waals surface area contributed by atoms with Crippen molar-refractivity contribution in [1.82, 2.24) is 0 Å². The number of carbonyl (C=O) groups is 1. The van der Waals surface area contributed by atoms with E-state index in [0.717, 1.165) is 32.1 Å². The van der Waals surface area contributed by atoms with Gasteiger partial charge in [-0.25, -0.2) is 4.79 Å². The SMILES string of the molecule is CCCCC(CC)C/C=C(/CC(CC)CCCC)C(=O)O. The van der Waals surface area contributed by atoms with Crippen LogP contribution in [0.3, 0.4) is 0 Å². The van der Waals surface area contributed by atoms with E-state index in [2.05, 4.69) is 27.7 Å². The van der Waals surface area contributed by atoms with Crippen LogP contribution < -0.4 is 0 Å². The molecule has 0 aliphatic carbocycles. The Bertz CT molecular complexity index is 294. The Morgan fingerprint density at radius 2 is 1.48 bits per heavy atom. The monoisotopic (exact) mass is 296 g/mol. The number of allylic oxidation sites excluding steroid dienone is 1. The number of hydrogen-bond donors (Lipinski definition) is 1. The Morgan fingerprint density at radius 3 is 1.90 bits per heavy atom. The molecule has 0 heterocycles. The van der Waals surface area contributed by atoms with E-state index in [1.54, 1.807) is 0 Å². The van der Waals surface area contributed by atoms with Crippen molar-refractivity contribution < 1.29 is 9.90 Å². The largest absolute Gasteiger partial charge is 0.478 e. The zero-order valence-electron chi connectivity index (χ0n) is 14.7. The van der Waals surface area contributed by atoms with Gasteiger partial charge in [-0.3, -0.25) is 0 Å². The van der Waals surface area contributed by atoms with Crippen LogP contribution in [0, 0.1) is 11.8 Å². The zero-order valence-corrected chi connectivity index (χ0v) is 14.7. The van der Waals surface area contributed by atoms with Gasteiger partial charge in [-0.15, -0.1) is 0 Å². The summed E-state index contributed by atoms with van der Waals surface area (Å²) in [5.74, 6) is 0.466. The molecule has 124 valence electrons. The molecule has 0 saturated carbocycles. The van der Waals surface area contributed by atoms with Crippen molar-refractivity contribution in [1.29, 1.82) is 0 Å². The Balaban J connectivity index is 4.56. The van der Waals surface area contributed by atoms with Gasteiger partial charge in [0.05, 0.1) is 0 Å². The average Bonchev–Trinajstić information content (AvgIpc) is 2.49. The second-order valence-corrected chi connectivity index (χ2v) is 6.31. The van der Waals surface area contributed by atoms with E-state index in [0.29, 0.717) is 17.4 Å². The van der Waals surface area contributed by atoms with Crippen LogP contribution in [0.1, 0.15) is 91.9 Å². The first kappa shape index (κ1) is 20.2. The van der Waals surface area contributed by atoms with Gasteiger partial charge < -0.3 is 5.11 Å². The molecule has 0 bridgehead atoms. The fraction of sp³-hybridized carbons (Fsp3) is 0.842. The van der Waals surface area contributed by atoms with E-state index < -0.39 is 5.97 Å². The zero-order chi connectivity index (χ0) is 16.1. The minimum Gasteiger partial charge on any atom is -0.478 e. The van der Waals surface area contributed by atoms with Crippen molar-refractivity contribution in [3.63, 3.8) is 0 Å². The Hall–Kier alpha value is -0.790. The summed E-state index contributed by atoms with van der Waals surface area (Å²) in [4.78, 5) is 11.5. The van der Waals surface area contributed by atoms with Crippen LogP contribution in [0.2, 0.25) is 0 Å². The van der Waals surface area contributed by atoms with E-state index >= 15 is 0 Å². The quantitative estimate of drug-likeness (QED) is 0.410. The smallest absolute Gasteiger partial charge is 0.331 e. The Labute approximate surface area is 132 Å². The van der Waals surface area contributed by atoms with Crippen LogP contribution in [0.4, 0.5) is 0 Å². The van der Waals surface area contributed by atoms with E-state index in [1.807, 2.05) is 6.08 Å². The molecule has 0 aromatic carbocycles. The van der Waals surface area contributed by atoms with Crippen LogP contribution in [-0.4, -0.2) is 11.1 Å². The van der Waals surface area contributed by atoms with Crippen LogP contribution in [-0.2, 0) is 4.79 Å². The minimum absolute atomic E-state index is 0.531. The van der Waals surface area contributed by atoms with Crippen LogP contribution in [0.5, 0.6) is 0 Å². The lowest BCUT2D eigenvalue weighted by Gasteiger charge is -2.16. The topological polar surface area (TPSA) is 37.3 Å². The number of carboxylic acids is 1. The summed E-state index contributed by atoms with van der Waals surface area (Å²) < 4.78 is 0. The van der Waals surface area contributed by atoms with Crippen molar-refractivity contribution in [3.05, 3.63) is 11.6 Å². The van der Waals surface area contributed by atoms with Gasteiger partial charge >= 0.3 is 5.97 Å². The molecule has 2 heteroatoms. The highest BCUT2D eigenvalue weighted by atomic mass is 16.4. The molecule has 0 aliphatic rings. The standard InChI is InChI=1S/C19H36O2/c1-5-9-11-16(7-3)13-14-18(19(20)21)15-17(8-4)12-10-6-2/h14,16-17H,5-13,15H2,1-4H3,(H,20,21)/b18-14-. The Morgan fingerprint density at radius 1 is 0.952 bits per heavy atom. The summed E-state index contributed by atoms with van der Waals surface area (Å²) in [7, 11) is 0. The van der Waals surface area contributed by atoms with Crippen molar-refractivity contribution in [2.75, 3.05) is 0 Å². The number of rotatable bonds is 13. The van der Waals surface area contributed by atoms with Gasteiger partial charge in [-0.1, -0.05) is 85.1 Å². The van der Waals surface area contributed by atoms with E-state index in [1.165, 1.54) is 32.1 Å². The van der Waals surface area contributed by atoms with Gasteiger partial charge in [0, 0.05) is 5.57 Å². The molecule has 0 fully saturated rings. The molecule has 0 amide bonds. The molecule has 0 radical (unpaired) electrons. The maximum atomic E-state index is 11.5. The van der Waals surface area contributed by atoms with E-state index in [9.17, 15) is 9.90 Å². The van der Waals surface area contributed by atoms with Gasteiger partial charge in [0.25, 0.3) is 0 Å². The molecule has 0 aromatic rings. The molecule has 2 nitrogen and oxygen atoms in total. The molecule has 0 spiro atoms. The fourth-order valence-corrected chi connectivity index (χ4v) is 2.80. The van der Waals surface area contributed by atoms with E-state index in [-0.39, 0.29) is 0 Å². The molecule has 2 atom stereocenters. The van der Waals surface area contributed by atoms with Crippen molar-refractivity contribution in [2.24, 2.45) is 11.8 Å². The maximum absolute atomic E-state index is 11.5. The molecule has 0 saturated heterocycles. The molecule has 0 aromatic heterocycles. The summed E-state index contributed by atoms with van der Waals surface area (Å²) in [5.41, 5.74) is 0.646. The predicted octanol–water partition coefficient (Wildman–Crippen LogP) is 6.21. The molecule has 1 N–H and O–H groups in total. The first-order valence-corrected chi connectivity index (χ1v) is 9.01. The fourth-order valence-electron chi connectivity index (χ4n) is 2.80. The van der Waals surface area contributed by atoms with Crippen molar-refractivity contribution in [2.45, 2.75) is 91.9 Å². The first-order valence-electron chi connectivity index (χ1n) is 9.01. The molecule has 21 heavy (non-hydrogen) atoms. The Kier molecular flexibility index (Phi) is 12.4. The third kappa shape index (κ3) is 9.71. The third-order valence-electron chi connectivity index (χ3n) is 4.57. The average molecular weight is 296 g/mol. The molecule has 0 rings (SSSR count). The summed E-state index contributed by atoms with van der Waals surface area (Å²) in [5, 5.41) is 9.44. The van der Waals surface area contributed by atoms with Crippen LogP contribution >= 0.6 is 0 Å². The molecule has 0 aliphatic heterocycles. The lowest BCUT2D eigenvalue weighted by atomic mass is 9.89. The predicted molar refractivity (Wildman–Crippen MR) is 91.6 cm³/mol. The van der Waals surface area contributed by atoms with Crippen molar-refractivity contribution in [3.8, 4) is 0 Å². The first-order chi connectivity index (χ1) is 10.1. The van der Waals surface area contributed by atoms with Crippen LogP contribution in [0.15, 0.2) is 11.6 Å². The van der Waals surface area contributed by atoms with Crippen molar-refractivity contribution >= 4 is 5.97 Å². The number of aliphatic carboxylic acids is 1. The van der Waals surface area contributed by atoms with Gasteiger partial charge in [0.1, 0.15) is 0 Å². The second-order valence-electron chi connectivity index (χ2n) is 6.31. The van der Waals surface area contributed by atoms with Gasteiger partial charge in [-0.2, -0.15) is 0 Å². The lowest BCUT2D eigenvalue weighted by Crippen LogP contribution is -2.09. The summed E-state index contributed by atoms with van der Waals surface area (Å²) in [6.07, 6.45) is 13.2. The summed E-state index contributed by atoms with van der Waals surface area (Å²) in [6, 6.07) is 0. The highest BCUT2D eigenvalue weighted by molar-refractivity contribution is 5.86. The lowest BCUT2D eigenvalue weighted by molar-refractivity contribution is -0.133. The molecular formula is C19H36O2. The molecule has 2 unspecified atom stereocenters. The highest BCUT2D eigenvalue weighted by Gasteiger charge is 2.15. The number of hydrogen-bond acceptors (Lipinski definition) is 1. The van der Waals surface area contributed by atoms with Crippen LogP contribution in [0.25, 0.3) is 0 Å². The van der Waals surface area contributed by atoms with Gasteiger partial charge in [-0.05, 0) is 24.7 Å². The molecular weight excluding hydrogens is 260 g/mol. The second kappa shape index (κ2) is 12.9. The summed E-state index contributed by atoms with van der Waals surface area (Å²) in [6.45, 7) is 8.80. The maximum Gasteiger partial charge on any atom is 0.331 e.